The van der Waals surface area contributed by atoms with Crippen molar-refractivity contribution in [1.82, 2.24) is 10.2 Å². The summed E-state index contributed by atoms with van der Waals surface area (Å²) in [4.78, 5) is 12.4. The van der Waals surface area contributed by atoms with Crippen LogP contribution in [-0.2, 0) is 14.6 Å². The molecule has 2 aromatic carbocycles. The van der Waals surface area contributed by atoms with Crippen LogP contribution in [0.25, 0.3) is 6.08 Å². The molecular formula is C24H24N4O5S2. The number of carbonyl (C=O) groups is 1. The second kappa shape index (κ2) is 11.6. The molecule has 0 atom stereocenters. The summed E-state index contributed by atoms with van der Waals surface area (Å²) in [6.07, 6.45) is 3.11. The third-order valence-electron chi connectivity index (χ3n) is 4.87. The normalized spacial score (nSPS) is 11.5. The number of nitriles is 1. The minimum Gasteiger partial charge on any atom is -0.493 e. The van der Waals surface area contributed by atoms with Crippen LogP contribution in [0.5, 0.6) is 11.5 Å². The first-order valence-corrected chi connectivity index (χ1v) is 13.3. The number of aromatic nitrogens is 2. The Hall–Kier alpha value is -3.75. The van der Waals surface area contributed by atoms with Crippen molar-refractivity contribution < 1.29 is 22.7 Å². The number of nitrogens with one attached hydrogen (secondary N) is 1. The van der Waals surface area contributed by atoms with Gasteiger partial charge in [-0.1, -0.05) is 35.6 Å². The van der Waals surface area contributed by atoms with E-state index in [-0.39, 0.29) is 15.0 Å². The fourth-order valence-electron chi connectivity index (χ4n) is 2.86. The van der Waals surface area contributed by atoms with E-state index < -0.39 is 15.7 Å². The molecule has 0 aliphatic rings. The highest BCUT2D eigenvalue weighted by Gasteiger charge is 2.17. The third-order valence-corrected chi connectivity index (χ3v) is 7.38. The molecule has 0 saturated carbocycles. The summed E-state index contributed by atoms with van der Waals surface area (Å²) in [5, 5.41) is 18.9. The van der Waals surface area contributed by atoms with Gasteiger partial charge in [-0.15, -0.1) is 10.2 Å². The SMILES string of the molecule is Cc1cccc(OCCCOc2ccc(C=C(C#N)C(=O)Nc3nnc(S(C)(=O)=O)s3)cc2)c1C. The van der Waals surface area contributed by atoms with E-state index in [1.54, 1.807) is 24.3 Å². The molecule has 1 amide bonds. The first kappa shape index (κ1) is 25.9. The highest BCUT2D eigenvalue weighted by atomic mass is 32.2. The number of benzene rings is 2. The minimum atomic E-state index is -3.53. The molecule has 9 nitrogen and oxygen atoms in total. The van der Waals surface area contributed by atoms with E-state index >= 15 is 0 Å². The number of hydrogen-bond acceptors (Lipinski definition) is 9. The molecule has 1 N–H and O–H groups in total. The van der Waals surface area contributed by atoms with Crippen molar-refractivity contribution in [2.45, 2.75) is 24.6 Å². The maximum atomic E-state index is 12.4. The highest BCUT2D eigenvalue weighted by Crippen LogP contribution is 2.22. The Kier molecular flexibility index (Phi) is 8.57. The van der Waals surface area contributed by atoms with Crippen molar-refractivity contribution in [3.8, 4) is 17.6 Å². The first-order valence-electron chi connectivity index (χ1n) is 10.6. The van der Waals surface area contributed by atoms with Crippen molar-refractivity contribution in [3.05, 3.63) is 64.7 Å². The maximum absolute atomic E-state index is 12.4. The van der Waals surface area contributed by atoms with Crippen LogP contribution in [0.2, 0.25) is 0 Å². The number of ether oxygens (including phenoxy) is 2. The summed E-state index contributed by atoms with van der Waals surface area (Å²) in [5.74, 6) is 0.812. The molecular weight excluding hydrogens is 488 g/mol. The van der Waals surface area contributed by atoms with Crippen LogP contribution < -0.4 is 14.8 Å². The molecule has 0 aliphatic carbocycles. The quantitative estimate of drug-likeness (QED) is 0.187. The Balaban J connectivity index is 1.50. The molecule has 0 saturated heterocycles. The van der Waals surface area contributed by atoms with Crippen molar-refractivity contribution in [2.24, 2.45) is 0 Å². The van der Waals surface area contributed by atoms with Gasteiger partial charge in [0.2, 0.25) is 19.3 Å². The van der Waals surface area contributed by atoms with Crippen LogP contribution in [0.1, 0.15) is 23.1 Å². The predicted molar refractivity (Wildman–Crippen MR) is 133 cm³/mol. The van der Waals surface area contributed by atoms with E-state index in [2.05, 4.69) is 15.5 Å². The van der Waals surface area contributed by atoms with Gasteiger partial charge in [0.1, 0.15) is 23.1 Å². The standard InChI is InChI=1S/C24H24N4O5S2/c1-16-6-4-7-21(17(16)2)33-13-5-12-32-20-10-8-18(9-11-20)14-19(15-25)22(29)26-23-27-28-24(34-23)35(3,30)31/h4,6-11,14H,5,12-13H2,1-3H3,(H,26,27,29). The average molecular weight is 513 g/mol. The van der Waals surface area contributed by atoms with Gasteiger partial charge in [-0.2, -0.15) is 5.26 Å². The largest absolute Gasteiger partial charge is 0.493 e. The van der Waals surface area contributed by atoms with Gasteiger partial charge in [0.25, 0.3) is 5.91 Å². The maximum Gasteiger partial charge on any atom is 0.268 e. The van der Waals surface area contributed by atoms with Crippen LogP contribution in [0.4, 0.5) is 5.13 Å². The molecule has 11 heteroatoms. The van der Waals surface area contributed by atoms with Gasteiger partial charge in [0, 0.05) is 12.7 Å². The Morgan fingerprint density at radius 2 is 1.83 bits per heavy atom. The van der Waals surface area contributed by atoms with Gasteiger partial charge in [0.05, 0.1) is 13.2 Å². The molecule has 1 aromatic heterocycles. The predicted octanol–water partition coefficient (Wildman–Crippen LogP) is 3.95. The molecule has 35 heavy (non-hydrogen) atoms. The molecule has 3 rings (SSSR count). The number of hydrogen-bond donors (Lipinski definition) is 1. The lowest BCUT2D eigenvalue weighted by atomic mass is 10.1. The summed E-state index contributed by atoms with van der Waals surface area (Å²) in [5.41, 5.74) is 2.77. The number of aryl methyl sites for hydroxylation is 1. The van der Waals surface area contributed by atoms with Gasteiger partial charge in [-0.05, 0) is 54.8 Å². The molecule has 0 bridgehead atoms. The summed E-state index contributed by atoms with van der Waals surface area (Å²) < 4.78 is 34.3. The number of anilines is 1. The van der Waals surface area contributed by atoms with Crippen molar-refractivity contribution >= 4 is 38.3 Å². The molecule has 0 spiro atoms. The fraction of sp³-hybridized carbons (Fsp3) is 0.250. The summed E-state index contributed by atoms with van der Waals surface area (Å²) in [6, 6.07) is 14.7. The van der Waals surface area contributed by atoms with E-state index in [0.717, 1.165) is 17.6 Å². The number of carbonyl (C=O) groups excluding carboxylic acids is 1. The summed E-state index contributed by atoms with van der Waals surface area (Å²) in [7, 11) is -3.53. The second-order valence-corrected chi connectivity index (χ2v) is 10.8. The monoisotopic (exact) mass is 512 g/mol. The van der Waals surface area contributed by atoms with Crippen LogP contribution in [-0.4, -0.2) is 44.0 Å². The molecule has 182 valence electrons. The molecule has 1 heterocycles. The Labute approximate surface area is 208 Å². The Morgan fingerprint density at radius 3 is 2.49 bits per heavy atom. The van der Waals surface area contributed by atoms with E-state index in [9.17, 15) is 18.5 Å². The average Bonchev–Trinajstić information content (AvgIpc) is 3.30. The topological polar surface area (TPSA) is 131 Å². The molecule has 0 aliphatic heterocycles. The lowest BCUT2D eigenvalue weighted by Crippen LogP contribution is -2.13. The van der Waals surface area contributed by atoms with Crippen LogP contribution >= 0.6 is 11.3 Å². The van der Waals surface area contributed by atoms with Crippen LogP contribution in [0.3, 0.4) is 0 Å². The van der Waals surface area contributed by atoms with Gasteiger partial charge in [-0.25, -0.2) is 8.42 Å². The number of rotatable bonds is 10. The summed E-state index contributed by atoms with van der Waals surface area (Å²) in [6.45, 7) is 5.09. The molecule has 0 unspecified atom stereocenters. The molecule has 3 aromatic rings. The van der Waals surface area contributed by atoms with Gasteiger partial charge >= 0.3 is 0 Å². The molecule has 0 radical (unpaired) electrons. The number of nitrogens with zero attached hydrogens (tertiary/aromatic N) is 3. The highest BCUT2D eigenvalue weighted by molar-refractivity contribution is 7.92. The van der Waals surface area contributed by atoms with E-state index in [1.807, 2.05) is 38.1 Å². The molecule has 0 fully saturated rings. The first-order chi connectivity index (χ1) is 16.7. The minimum absolute atomic E-state index is 0.0122. The van der Waals surface area contributed by atoms with Gasteiger partial charge in [-0.3, -0.25) is 10.1 Å². The zero-order valence-corrected chi connectivity index (χ0v) is 21.1. The smallest absolute Gasteiger partial charge is 0.268 e. The van der Waals surface area contributed by atoms with Gasteiger partial charge in [0.15, 0.2) is 0 Å². The number of sulfone groups is 1. The zero-order chi connectivity index (χ0) is 25.4. The fourth-order valence-corrected chi connectivity index (χ4v) is 4.37. The second-order valence-electron chi connectivity index (χ2n) is 7.59. The van der Waals surface area contributed by atoms with Crippen LogP contribution in [0.15, 0.2) is 52.4 Å². The van der Waals surface area contributed by atoms with Crippen molar-refractivity contribution in [3.63, 3.8) is 0 Å². The number of amides is 1. The Bertz CT molecular complexity index is 1370. The van der Waals surface area contributed by atoms with Crippen molar-refractivity contribution in [2.75, 3.05) is 24.8 Å². The zero-order valence-electron chi connectivity index (χ0n) is 19.4. The van der Waals surface area contributed by atoms with Crippen molar-refractivity contribution in [1.29, 1.82) is 5.26 Å². The van der Waals surface area contributed by atoms with Crippen LogP contribution in [0, 0.1) is 25.2 Å². The Morgan fingerprint density at radius 1 is 1.11 bits per heavy atom. The lowest BCUT2D eigenvalue weighted by Gasteiger charge is -2.11. The van der Waals surface area contributed by atoms with E-state index in [0.29, 0.717) is 42.3 Å². The lowest BCUT2D eigenvalue weighted by molar-refractivity contribution is -0.112. The summed E-state index contributed by atoms with van der Waals surface area (Å²) >= 11 is 0.711. The van der Waals surface area contributed by atoms with E-state index in [1.165, 1.54) is 11.6 Å². The van der Waals surface area contributed by atoms with E-state index in [4.69, 9.17) is 9.47 Å². The third kappa shape index (κ3) is 7.37. The van der Waals surface area contributed by atoms with Gasteiger partial charge < -0.3 is 9.47 Å².